The number of carboxylic acid groups (broad SMARTS) is 2. The van der Waals surface area contributed by atoms with Gasteiger partial charge in [-0.05, 0) is 12.0 Å². The summed E-state index contributed by atoms with van der Waals surface area (Å²) in [6.07, 6.45) is 0.312. The van der Waals surface area contributed by atoms with E-state index < -0.39 is 11.9 Å². The Morgan fingerprint density at radius 3 is 1.31 bits per heavy atom. The molecule has 0 atom stereocenters. The van der Waals surface area contributed by atoms with Gasteiger partial charge in [-0.25, -0.2) is 0 Å². The van der Waals surface area contributed by atoms with Gasteiger partial charge in [0.15, 0.2) is 0 Å². The minimum atomic E-state index is -0.787. The number of carbonyl (C=O) groups is 2. The van der Waals surface area contributed by atoms with Gasteiger partial charge in [0.2, 0.25) is 0 Å². The third kappa shape index (κ3) is 48.4. The molecule has 0 rings (SSSR count). The average Bonchev–Trinajstić information content (AvgIpc) is 2.18. The lowest BCUT2D eigenvalue weighted by Gasteiger charge is -1.79. The molecule has 0 amide bonds. The lowest BCUT2D eigenvalue weighted by molar-refractivity contribution is -0.137. The number of hydrogen-bond donors (Lipinski definition) is 5. The molecule has 0 fully saturated rings. The SMILES string of the molecule is CCSO.O=C(O)CCS.O=C(O)CCS. The summed E-state index contributed by atoms with van der Waals surface area (Å²) in [5.74, 6) is 0.0694. The Morgan fingerprint density at radius 1 is 1.06 bits per heavy atom. The predicted octanol–water partition coefficient (Wildman–Crippen LogP) is 1.99. The lowest BCUT2D eigenvalue weighted by Crippen LogP contribution is -1.93. The second-order valence-electron chi connectivity index (χ2n) is 2.15. The first kappa shape index (κ1) is 21.3. The van der Waals surface area contributed by atoms with E-state index in [1.807, 2.05) is 6.92 Å². The van der Waals surface area contributed by atoms with Crippen molar-refractivity contribution in [2.24, 2.45) is 0 Å². The van der Waals surface area contributed by atoms with Crippen LogP contribution < -0.4 is 0 Å². The monoisotopic (exact) mass is 290 g/mol. The minimum Gasteiger partial charge on any atom is -0.481 e. The molecule has 0 radical (unpaired) electrons. The third-order valence-corrected chi connectivity index (χ3v) is 1.49. The number of rotatable bonds is 5. The highest BCUT2D eigenvalue weighted by Gasteiger charge is 1.88. The van der Waals surface area contributed by atoms with E-state index in [9.17, 15) is 9.59 Å². The molecule has 8 heteroatoms. The normalized spacial score (nSPS) is 8.00. The zero-order valence-corrected chi connectivity index (χ0v) is 11.6. The standard InChI is InChI=1S/2C3H6O2S.C2H6OS/c2*4-3(5)1-2-6;1-2-4-3/h2*6H,1-2H2,(H,4,5);3H,2H2,1H3. The zero-order chi connectivity index (χ0) is 13.4. The van der Waals surface area contributed by atoms with E-state index in [1.54, 1.807) is 0 Å². The van der Waals surface area contributed by atoms with Crippen LogP contribution in [0.4, 0.5) is 0 Å². The molecule has 0 heterocycles. The molecule has 16 heavy (non-hydrogen) atoms. The first-order valence-electron chi connectivity index (χ1n) is 4.37. The molecule has 3 N–H and O–H groups in total. The number of thiol groups is 2. The van der Waals surface area contributed by atoms with Crippen molar-refractivity contribution in [2.45, 2.75) is 19.8 Å². The molecule has 0 aromatic rings. The van der Waals surface area contributed by atoms with Crippen LogP contribution in [0.3, 0.4) is 0 Å². The molecule has 5 nitrogen and oxygen atoms in total. The van der Waals surface area contributed by atoms with Crippen LogP contribution in [0.25, 0.3) is 0 Å². The molecule has 98 valence electrons. The van der Waals surface area contributed by atoms with Gasteiger partial charge in [0.25, 0.3) is 0 Å². The summed E-state index contributed by atoms with van der Waals surface area (Å²) in [5, 5.41) is 15.7. The van der Waals surface area contributed by atoms with Gasteiger partial charge in [-0.1, -0.05) is 6.92 Å². The van der Waals surface area contributed by atoms with Crippen molar-refractivity contribution in [1.82, 2.24) is 0 Å². The van der Waals surface area contributed by atoms with Crippen molar-refractivity contribution in [1.29, 1.82) is 0 Å². The Hall–Kier alpha value is -0.0500. The maximum absolute atomic E-state index is 9.55. The Bertz CT molecular complexity index is 148. The third-order valence-electron chi connectivity index (χ3n) is 0.780. The largest absolute Gasteiger partial charge is 0.481 e. The Balaban J connectivity index is -0.000000162. The van der Waals surface area contributed by atoms with Crippen molar-refractivity contribution in [3.05, 3.63) is 0 Å². The van der Waals surface area contributed by atoms with Crippen molar-refractivity contribution in [3.8, 4) is 0 Å². The van der Waals surface area contributed by atoms with Crippen molar-refractivity contribution < 1.29 is 24.4 Å². The van der Waals surface area contributed by atoms with Gasteiger partial charge in [-0.15, -0.1) is 0 Å². The predicted molar refractivity (Wildman–Crippen MR) is 73.0 cm³/mol. The molecule has 0 aromatic heterocycles. The van der Waals surface area contributed by atoms with Gasteiger partial charge >= 0.3 is 11.9 Å². The van der Waals surface area contributed by atoms with E-state index in [4.69, 9.17) is 14.8 Å². The van der Waals surface area contributed by atoms with Crippen LogP contribution in [0.2, 0.25) is 0 Å². The molecule has 0 aromatic carbocycles. The summed E-state index contributed by atoms with van der Waals surface area (Å²) in [6.45, 7) is 1.89. The van der Waals surface area contributed by atoms with Crippen LogP contribution >= 0.6 is 37.3 Å². The summed E-state index contributed by atoms with van der Waals surface area (Å²) in [6, 6.07) is 0. The minimum absolute atomic E-state index is 0.156. The van der Waals surface area contributed by atoms with Crippen LogP contribution in [0.15, 0.2) is 0 Å². The molecule has 0 saturated carbocycles. The van der Waals surface area contributed by atoms with Crippen molar-refractivity contribution >= 4 is 49.2 Å². The van der Waals surface area contributed by atoms with Gasteiger partial charge in [0.05, 0.1) is 12.8 Å². The molecule has 0 aliphatic heterocycles. The van der Waals surface area contributed by atoms with Crippen LogP contribution in [-0.2, 0) is 9.59 Å². The topological polar surface area (TPSA) is 94.8 Å². The van der Waals surface area contributed by atoms with E-state index >= 15 is 0 Å². The summed E-state index contributed by atoms with van der Waals surface area (Å²) in [7, 11) is 0. The molecule has 0 saturated heterocycles. The summed E-state index contributed by atoms with van der Waals surface area (Å²) in [5.41, 5.74) is 0. The fraction of sp³-hybridized carbons (Fsp3) is 0.750. The van der Waals surface area contributed by atoms with Gasteiger partial charge < -0.3 is 14.8 Å². The quantitative estimate of drug-likeness (QED) is 0.393. The highest BCUT2D eigenvalue weighted by atomic mass is 32.2. The highest BCUT2D eigenvalue weighted by molar-refractivity contribution is 7.93. The highest BCUT2D eigenvalue weighted by Crippen LogP contribution is 1.82. The van der Waals surface area contributed by atoms with Gasteiger partial charge in [0, 0.05) is 17.3 Å². The summed E-state index contributed by atoms with van der Waals surface area (Å²) in [4.78, 5) is 19.1. The van der Waals surface area contributed by atoms with Crippen molar-refractivity contribution in [2.75, 3.05) is 17.3 Å². The maximum Gasteiger partial charge on any atom is 0.304 e. The zero-order valence-electron chi connectivity index (χ0n) is 9.00. The molecule has 0 unspecified atom stereocenters. The van der Waals surface area contributed by atoms with E-state index in [0.29, 0.717) is 11.5 Å². The van der Waals surface area contributed by atoms with Crippen LogP contribution in [0.1, 0.15) is 19.8 Å². The van der Waals surface area contributed by atoms with E-state index in [-0.39, 0.29) is 12.8 Å². The number of aliphatic carboxylic acids is 2. The average molecular weight is 290 g/mol. The molecular weight excluding hydrogens is 272 g/mol. The Kier molecular flexibility index (Phi) is 27.1. The van der Waals surface area contributed by atoms with E-state index in [1.165, 1.54) is 0 Å². The molecule has 0 aliphatic rings. The first-order valence-corrected chi connectivity index (χ1v) is 6.58. The number of hydrogen-bond acceptors (Lipinski definition) is 6. The first-order chi connectivity index (χ1) is 7.45. The second kappa shape index (κ2) is 20.4. The fourth-order valence-corrected chi connectivity index (χ4v) is 0.574. The number of carboxylic acids is 2. The Morgan fingerprint density at radius 2 is 1.31 bits per heavy atom. The van der Waals surface area contributed by atoms with Crippen molar-refractivity contribution in [3.63, 3.8) is 0 Å². The van der Waals surface area contributed by atoms with Crippen LogP contribution in [0.5, 0.6) is 0 Å². The lowest BCUT2D eigenvalue weighted by atomic mass is 10.5. The summed E-state index contributed by atoms with van der Waals surface area (Å²) < 4.78 is 7.79. The van der Waals surface area contributed by atoms with E-state index in [2.05, 4.69) is 25.3 Å². The van der Waals surface area contributed by atoms with E-state index in [0.717, 1.165) is 17.8 Å². The van der Waals surface area contributed by atoms with Gasteiger partial charge in [-0.3, -0.25) is 9.59 Å². The van der Waals surface area contributed by atoms with Gasteiger partial charge in [0.1, 0.15) is 0 Å². The molecule has 0 bridgehead atoms. The maximum atomic E-state index is 9.55. The second-order valence-corrected chi connectivity index (χ2v) is 3.88. The van der Waals surface area contributed by atoms with Crippen LogP contribution in [0, 0.1) is 0 Å². The molecule has 0 spiro atoms. The molecule has 0 aliphatic carbocycles. The van der Waals surface area contributed by atoms with Crippen LogP contribution in [-0.4, -0.2) is 44.0 Å². The molecular formula is C8H18O5S3. The Labute approximate surface area is 111 Å². The smallest absolute Gasteiger partial charge is 0.304 e. The summed E-state index contributed by atoms with van der Waals surface area (Å²) >= 11 is 8.21. The fourth-order valence-electron chi connectivity index (χ4n) is 0.191. The van der Waals surface area contributed by atoms with Gasteiger partial charge in [-0.2, -0.15) is 25.3 Å².